The predicted octanol–water partition coefficient (Wildman–Crippen LogP) is 1.07. The molecule has 0 aliphatic carbocycles. The molecular weight excluding hydrogens is 255 g/mol. The SMILES string of the molecule is CN1CCN(S(C)(=O)=O)CC1c1ccc(F)cc1. The van der Waals surface area contributed by atoms with Crippen LogP contribution in [0, 0.1) is 5.82 Å². The van der Waals surface area contributed by atoms with Crippen LogP contribution in [-0.4, -0.2) is 50.6 Å². The lowest BCUT2D eigenvalue weighted by Crippen LogP contribution is -2.48. The van der Waals surface area contributed by atoms with Gasteiger partial charge in [-0.1, -0.05) is 12.1 Å². The zero-order valence-electron chi connectivity index (χ0n) is 10.5. The second-order valence-corrected chi connectivity index (χ2v) is 6.65. The van der Waals surface area contributed by atoms with Gasteiger partial charge in [0.25, 0.3) is 0 Å². The van der Waals surface area contributed by atoms with Gasteiger partial charge in [0.1, 0.15) is 5.82 Å². The van der Waals surface area contributed by atoms with Crippen molar-refractivity contribution in [2.24, 2.45) is 0 Å². The third-order valence-electron chi connectivity index (χ3n) is 3.33. The Morgan fingerprint density at radius 2 is 1.83 bits per heavy atom. The molecule has 6 heteroatoms. The van der Waals surface area contributed by atoms with E-state index in [0.717, 1.165) is 5.56 Å². The third kappa shape index (κ3) is 2.88. The average molecular weight is 272 g/mol. The van der Waals surface area contributed by atoms with Crippen molar-refractivity contribution in [2.75, 3.05) is 32.9 Å². The van der Waals surface area contributed by atoms with Crippen LogP contribution in [0.4, 0.5) is 4.39 Å². The van der Waals surface area contributed by atoms with E-state index in [1.807, 2.05) is 7.05 Å². The maximum atomic E-state index is 12.9. The Morgan fingerprint density at radius 3 is 2.39 bits per heavy atom. The Bertz CT molecular complexity index is 515. The zero-order valence-corrected chi connectivity index (χ0v) is 11.3. The Hall–Kier alpha value is -0.980. The summed E-state index contributed by atoms with van der Waals surface area (Å²) in [7, 11) is -1.21. The molecule has 100 valence electrons. The van der Waals surface area contributed by atoms with Gasteiger partial charge in [-0.25, -0.2) is 12.8 Å². The highest BCUT2D eigenvalue weighted by molar-refractivity contribution is 7.88. The molecule has 1 aromatic rings. The molecule has 1 fully saturated rings. The molecular formula is C12H17FN2O2S. The minimum atomic E-state index is -3.17. The molecule has 0 radical (unpaired) electrons. The van der Waals surface area contributed by atoms with E-state index < -0.39 is 10.0 Å². The first-order valence-corrected chi connectivity index (χ1v) is 7.63. The molecule has 18 heavy (non-hydrogen) atoms. The molecule has 1 saturated heterocycles. The van der Waals surface area contributed by atoms with Gasteiger partial charge in [-0.15, -0.1) is 0 Å². The molecule has 1 heterocycles. The normalized spacial score (nSPS) is 23.2. The van der Waals surface area contributed by atoms with Gasteiger partial charge in [-0.2, -0.15) is 4.31 Å². The molecule has 0 spiro atoms. The smallest absolute Gasteiger partial charge is 0.211 e. The van der Waals surface area contributed by atoms with Gasteiger partial charge in [0, 0.05) is 25.7 Å². The van der Waals surface area contributed by atoms with Crippen LogP contribution < -0.4 is 0 Å². The van der Waals surface area contributed by atoms with Gasteiger partial charge in [0.15, 0.2) is 0 Å². The van der Waals surface area contributed by atoms with E-state index in [1.165, 1.54) is 22.7 Å². The summed E-state index contributed by atoms with van der Waals surface area (Å²) >= 11 is 0. The summed E-state index contributed by atoms with van der Waals surface area (Å²) in [5.41, 5.74) is 0.937. The van der Waals surface area contributed by atoms with Crippen molar-refractivity contribution in [1.29, 1.82) is 0 Å². The summed E-state index contributed by atoms with van der Waals surface area (Å²) in [6, 6.07) is 6.21. The van der Waals surface area contributed by atoms with Gasteiger partial charge in [0.2, 0.25) is 10.0 Å². The van der Waals surface area contributed by atoms with Crippen molar-refractivity contribution in [3.8, 4) is 0 Å². The van der Waals surface area contributed by atoms with Crippen LogP contribution in [0.3, 0.4) is 0 Å². The molecule has 0 saturated carbocycles. The molecule has 0 aromatic heterocycles. The maximum absolute atomic E-state index is 12.9. The molecule has 1 aliphatic heterocycles. The number of rotatable bonds is 2. The average Bonchev–Trinajstić information content (AvgIpc) is 2.29. The first-order chi connectivity index (χ1) is 8.38. The first-order valence-electron chi connectivity index (χ1n) is 5.79. The van der Waals surface area contributed by atoms with Crippen LogP contribution in [-0.2, 0) is 10.0 Å². The van der Waals surface area contributed by atoms with E-state index in [-0.39, 0.29) is 11.9 Å². The van der Waals surface area contributed by atoms with E-state index >= 15 is 0 Å². The highest BCUT2D eigenvalue weighted by atomic mass is 32.2. The fraction of sp³-hybridized carbons (Fsp3) is 0.500. The molecule has 2 rings (SSSR count). The van der Waals surface area contributed by atoms with Gasteiger partial charge < -0.3 is 0 Å². The third-order valence-corrected chi connectivity index (χ3v) is 4.60. The Balaban J connectivity index is 2.23. The number of hydrogen-bond acceptors (Lipinski definition) is 3. The van der Waals surface area contributed by atoms with Crippen molar-refractivity contribution in [3.63, 3.8) is 0 Å². The fourth-order valence-corrected chi connectivity index (χ4v) is 3.02. The number of sulfonamides is 1. The van der Waals surface area contributed by atoms with Gasteiger partial charge in [0.05, 0.1) is 6.26 Å². The molecule has 0 amide bonds. The Labute approximate surface area is 107 Å². The quantitative estimate of drug-likeness (QED) is 0.808. The van der Waals surface area contributed by atoms with E-state index in [0.29, 0.717) is 19.6 Å². The number of nitrogens with zero attached hydrogens (tertiary/aromatic N) is 2. The molecule has 1 aliphatic rings. The van der Waals surface area contributed by atoms with Crippen molar-refractivity contribution in [3.05, 3.63) is 35.6 Å². The number of benzene rings is 1. The molecule has 0 bridgehead atoms. The number of piperazine rings is 1. The minimum Gasteiger partial charge on any atom is -0.297 e. The number of hydrogen-bond donors (Lipinski definition) is 0. The summed E-state index contributed by atoms with van der Waals surface area (Å²) in [6.45, 7) is 1.60. The zero-order chi connectivity index (χ0) is 13.3. The van der Waals surface area contributed by atoms with E-state index in [2.05, 4.69) is 4.90 Å². The minimum absolute atomic E-state index is 0.0194. The van der Waals surface area contributed by atoms with Crippen LogP contribution in [0.5, 0.6) is 0 Å². The molecule has 1 unspecified atom stereocenters. The maximum Gasteiger partial charge on any atom is 0.211 e. The standard InChI is InChI=1S/C12H17FN2O2S/c1-14-7-8-15(18(2,16)17)9-12(14)10-3-5-11(13)6-4-10/h3-6,12H,7-9H2,1-2H3. The lowest BCUT2D eigenvalue weighted by Gasteiger charge is -2.38. The summed E-state index contributed by atoms with van der Waals surface area (Å²) < 4.78 is 37.5. The molecule has 1 atom stereocenters. The van der Waals surface area contributed by atoms with Crippen molar-refractivity contribution in [2.45, 2.75) is 6.04 Å². The molecule has 4 nitrogen and oxygen atoms in total. The van der Waals surface area contributed by atoms with Crippen LogP contribution in [0.15, 0.2) is 24.3 Å². The van der Waals surface area contributed by atoms with E-state index in [4.69, 9.17) is 0 Å². The monoisotopic (exact) mass is 272 g/mol. The second kappa shape index (κ2) is 4.95. The first kappa shape index (κ1) is 13.5. The van der Waals surface area contributed by atoms with E-state index in [9.17, 15) is 12.8 Å². The van der Waals surface area contributed by atoms with Crippen molar-refractivity contribution < 1.29 is 12.8 Å². The van der Waals surface area contributed by atoms with Crippen LogP contribution in [0.1, 0.15) is 11.6 Å². The summed E-state index contributed by atoms with van der Waals surface area (Å²) in [5.74, 6) is -0.280. The lowest BCUT2D eigenvalue weighted by molar-refractivity contribution is 0.149. The van der Waals surface area contributed by atoms with Gasteiger partial charge in [-0.05, 0) is 24.7 Å². The van der Waals surface area contributed by atoms with E-state index in [1.54, 1.807) is 12.1 Å². The van der Waals surface area contributed by atoms with Gasteiger partial charge >= 0.3 is 0 Å². The number of likely N-dealkylation sites (N-methyl/N-ethyl adjacent to an activating group) is 1. The van der Waals surface area contributed by atoms with Crippen LogP contribution in [0.2, 0.25) is 0 Å². The summed E-state index contributed by atoms with van der Waals surface area (Å²) in [5, 5.41) is 0. The van der Waals surface area contributed by atoms with Gasteiger partial charge in [-0.3, -0.25) is 4.90 Å². The molecule has 0 N–H and O–H groups in total. The van der Waals surface area contributed by atoms with Crippen LogP contribution >= 0.6 is 0 Å². The largest absolute Gasteiger partial charge is 0.297 e. The Kier molecular flexibility index (Phi) is 3.70. The number of halogens is 1. The fourth-order valence-electron chi connectivity index (χ4n) is 2.19. The predicted molar refractivity (Wildman–Crippen MR) is 68.2 cm³/mol. The highest BCUT2D eigenvalue weighted by Gasteiger charge is 2.30. The lowest BCUT2D eigenvalue weighted by atomic mass is 10.0. The van der Waals surface area contributed by atoms with Crippen LogP contribution in [0.25, 0.3) is 0 Å². The highest BCUT2D eigenvalue weighted by Crippen LogP contribution is 2.25. The van der Waals surface area contributed by atoms with Crippen molar-refractivity contribution >= 4 is 10.0 Å². The summed E-state index contributed by atoms with van der Waals surface area (Å²) in [6.07, 6.45) is 1.22. The molecule has 1 aromatic carbocycles. The second-order valence-electron chi connectivity index (χ2n) is 4.67. The van der Waals surface area contributed by atoms with Crippen molar-refractivity contribution in [1.82, 2.24) is 9.21 Å². The topological polar surface area (TPSA) is 40.6 Å². The Morgan fingerprint density at radius 1 is 1.22 bits per heavy atom. The summed E-state index contributed by atoms with van der Waals surface area (Å²) in [4.78, 5) is 2.09.